The molecule has 0 saturated heterocycles. The first kappa shape index (κ1) is 30.1. The fraction of sp³-hybridized carbons (Fsp3) is 0.351. The van der Waals surface area contributed by atoms with E-state index in [4.69, 9.17) is 28.4 Å². The van der Waals surface area contributed by atoms with Crippen LogP contribution in [-0.2, 0) is 25.7 Å². The number of nitrogens with zero attached hydrogens (tertiary/aromatic N) is 1. The summed E-state index contributed by atoms with van der Waals surface area (Å²) in [4.78, 5) is 2.39. The Kier molecular flexibility index (Phi) is 8.04. The van der Waals surface area contributed by atoms with Crippen LogP contribution in [0, 0.1) is 0 Å². The first-order valence-electron chi connectivity index (χ1n) is 15.7. The number of benzene rings is 4. The molecule has 0 radical (unpaired) electrons. The van der Waals surface area contributed by atoms with Gasteiger partial charge in [0.1, 0.15) is 5.75 Å². The van der Waals surface area contributed by atoms with Crippen LogP contribution in [0.1, 0.15) is 45.5 Å². The number of rotatable bonds is 4. The first-order valence-corrected chi connectivity index (χ1v) is 15.7. The Morgan fingerprint density at radius 1 is 0.783 bits per heavy atom. The van der Waals surface area contributed by atoms with Gasteiger partial charge in [-0.05, 0) is 97.9 Å². The highest BCUT2D eigenvalue weighted by Gasteiger charge is 2.35. The summed E-state index contributed by atoms with van der Waals surface area (Å²) in [6, 6.07) is 18.4. The zero-order valence-electron chi connectivity index (χ0n) is 26.9. The molecule has 4 heterocycles. The smallest absolute Gasteiger partial charge is 0.208 e. The Bertz CT molecular complexity index is 1770. The minimum Gasteiger partial charge on any atom is -0.504 e. The van der Waals surface area contributed by atoms with Gasteiger partial charge in [-0.2, -0.15) is 0 Å². The van der Waals surface area contributed by atoms with Crippen molar-refractivity contribution in [2.45, 2.75) is 37.8 Å². The highest BCUT2D eigenvalue weighted by Crippen LogP contribution is 2.55. The molecule has 2 atom stereocenters. The average molecular weight is 625 g/mol. The molecule has 4 aromatic carbocycles. The highest BCUT2D eigenvalue weighted by molar-refractivity contribution is 5.69. The van der Waals surface area contributed by atoms with E-state index in [2.05, 4.69) is 41.5 Å². The molecule has 4 aromatic rings. The van der Waals surface area contributed by atoms with Gasteiger partial charge in [-0.1, -0.05) is 18.2 Å². The fourth-order valence-electron chi connectivity index (χ4n) is 7.14. The van der Waals surface area contributed by atoms with Crippen molar-refractivity contribution in [1.29, 1.82) is 0 Å². The highest BCUT2D eigenvalue weighted by atomic mass is 16.5. The molecule has 0 fully saturated rings. The molecular weight excluding hydrogens is 584 g/mol. The number of likely N-dealkylation sites (N-methyl/N-ethyl adjacent to an activating group) is 1. The molecule has 6 bridgehead atoms. The van der Waals surface area contributed by atoms with Crippen LogP contribution in [-0.4, -0.2) is 58.6 Å². The Balaban J connectivity index is 1.47. The van der Waals surface area contributed by atoms with Gasteiger partial charge in [0.05, 0.1) is 28.4 Å². The lowest BCUT2D eigenvalue weighted by Crippen LogP contribution is -2.33. The van der Waals surface area contributed by atoms with E-state index in [1.165, 1.54) is 23.8 Å². The lowest BCUT2D eigenvalue weighted by Gasteiger charge is -2.36. The molecule has 4 aliphatic rings. The third-order valence-electron chi connectivity index (χ3n) is 9.52. The van der Waals surface area contributed by atoms with E-state index in [0.717, 1.165) is 41.8 Å². The van der Waals surface area contributed by atoms with Gasteiger partial charge in [0, 0.05) is 29.8 Å². The van der Waals surface area contributed by atoms with Crippen molar-refractivity contribution in [2.75, 3.05) is 48.6 Å². The lowest BCUT2D eigenvalue weighted by molar-refractivity contribution is 0.228. The van der Waals surface area contributed by atoms with E-state index in [-0.39, 0.29) is 23.6 Å². The van der Waals surface area contributed by atoms with Gasteiger partial charge in [0.25, 0.3) is 0 Å². The zero-order chi connectivity index (χ0) is 31.9. The zero-order valence-corrected chi connectivity index (χ0v) is 26.9. The molecule has 240 valence electrons. The van der Waals surface area contributed by atoms with Gasteiger partial charge >= 0.3 is 0 Å². The Labute approximate surface area is 269 Å². The van der Waals surface area contributed by atoms with E-state index in [9.17, 15) is 5.11 Å². The lowest BCUT2D eigenvalue weighted by atomic mass is 9.87. The summed E-state index contributed by atoms with van der Waals surface area (Å²) in [6.07, 6.45) is 2.90. The second-order valence-corrected chi connectivity index (χ2v) is 12.1. The number of nitrogens with one attached hydrogen (secondary N) is 1. The van der Waals surface area contributed by atoms with Crippen LogP contribution in [0.15, 0.2) is 54.6 Å². The summed E-state index contributed by atoms with van der Waals surface area (Å²) in [5, 5.41) is 15.1. The maximum Gasteiger partial charge on any atom is 0.208 e. The maximum absolute atomic E-state index is 11.5. The molecule has 0 amide bonds. The van der Waals surface area contributed by atoms with Crippen molar-refractivity contribution in [3.8, 4) is 51.7 Å². The number of aromatic hydroxyl groups is 1. The molecule has 0 aromatic heterocycles. The van der Waals surface area contributed by atoms with Crippen LogP contribution in [0.3, 0.4) is 0 Å². The van der Waals surface area contributed by atoms with Crippen molar-refractivity contribution in [3.05, 3.63) is 88.0 Å². The molecule has 9 nitrogen and oxygen atoms in total. The Hall–Kier alpha value is -4.60. The van der Waals surface area contributed by atoms with Gasteiger partial charge in [0.2, 0.25) is 11.5 Å². The maximum atomic E-state index is 11.5. The van der Waals surface area contributed by atoms with Crippen LogP contribution in [0.5, 0.6) is 51.7 Å². The second kappa shape index (κ2) is 12.3. The minimum absolute atomic E-state index is 0.0659. The monoisotopic (exact) mass is 624 g/mol. The van der Waals surface area contributed by atoms with Crippen molar-refractivity contribution in [1.82, 2.24) is 10.2 Å². The molecule has 4 aliphatic heterocycles. The standard InChI is InChI=1S/C37H40N2O7/c1-39-15-13-23-19-30(42-3)32-20-26(23)28(39)17-21-6-9-24(10-7-21)45-31-18-22(8-11-29(31)41-2)16-27-33-25(12-14-38-27)34(40)36(43-4)37(44-5)35(33)46-32/h6-11,18-20,27-28,38,40H,12-17H2,1-5H3/t27-,28+/m1/s1. The molecule has 0 aliphatic carbocycles. The molecule has 0 spiro atoms. The van der Waals surface area contributed by atoms with Crippen molar-refractivity contribution in [2.24, 2.45) is 0 Å². The molecular formula is C37H40N2O7. The predicted octanol–water partition coefficient (Wildman–Crippen LogP) is 6.53. The van der Waals surface area contributed by atoms with E-state index < -0.39 is 0 Å². The normalized spacial score (nSPS) is 18.7. The van der Waals surface area contributed by atoms with E-state index in [0.29, 0.717) is 53.9 Å². The van der Waals surface area contributed by atoms with Gasteiger partial charge in [-0.15, -0.1) is 0 Å². The quantitative estimate of drug-likeness (QED) is 0.263. The number of hydrogen-bond acceptors (Lipinski definition) is 9. The molecule has 9 heteroatoms. The topological polar surface area (TPSA) is 90.9 Å². The number of hydrogen-bond donors (Lipinski definition) is 2. The molecule has 46 heavy (non-hydrogen) atoms. The third kappa shape index (κ3) is 5.23. The number of phenols is 1. The summed E-state index contributed by atoms with van der Waals surface area (Å²) in [5.41, 5.74) is 6.25. The largest absolute Gasteiger partial charge is 0.504 e. The van der Waals surface area contributed by atoms with Gasteiger partial charge in [-0.3, -0.25) is 4.90 Å². The number of methoxy groups -OCH3 is 4. The van der Waals surface area contributed by atoms with E-state index in [1.54, 1.807) is 21.3 Å². The van der Waals surface area contributed by atoms with Crippen LogP contribution in [0.25, 0.3) is 0 Å². The number of ether oxygens (including phenoxy) is 6. The van der Waals surface area contributed by atoms with Crippen LogP contribution < -0.4 is 33.7 Å². The summed E-state index contributed by atoms with van der Waals surface area (Å²) in [6.45, 7) is 1.60. The second-order valence-electron chi connectivity index (χ2n) is 12.1. The van der Waals surface area contributed by atoms with Crippen LogP contribution >= 0.6 is 0 Å². The predicted molar refractivity (Wildman–Crippen MR) is 175 cm³/mol. The van der Waals surface area contributed by atoms with Crippen LogP contribution in [0.2, 0.25) is 0 Å². The van der Waals surface area contributed by atoms with Crippen molar-refractivity contribution >= 4 is 0 Å². The van der Waals surface area contributed by atoms with Crippen molar-refractivity contribution < 1.29 is 33.5 Å². The van der Waals surface area contributed by atoms with Gasteiger partial charge in [0.15, 0.2) is 34.5 Å². The third-order valence-corrected chi connectivity index (χ3v) is 9.52. The summed E-state index contributed by atoms with van der Waals surface area (Å²) >= 11 is 0. The first-order chi connectivity index (χ1) is 22.4. The molecule has 0 saturated carbocycles. The molecule has 0 unspecified atom stereocenters. The Morgan fingerprint density at radius 3 is 2.26 bits per heavy atom. The molecule has 2 N–H and O–H groups in total. The SMILES string of the molecule is COc1ccc2cc1Oc1ccc(cc1)C[C@H]1c3cc(c(OC)cc3CCN1C)Oc1c(OC)c(OC)c(O)c3c1[C@@H](C2)NCC3. The van der Waals surface area contributed by atoms with Gasteiger partial charge in [-0.25, -0.2) is 0 Å². The van der Waals surface area contributed by atoms with Gasteiger partial charge < -0.3 is 38.8 Å². The minimum atomic E-state index is -0.216. The van der Waals surface area contributed by atoms with E-state index >= 15 is 0 Å². The summed E-state index contributed by atoms with van der Waals surface area (Å²) < 4.78 is 36.5. The fourth-order valence-corrected chi connectivity index (χ4v) is 7.14. The number of phenolic OH excluding ortho intramolecular Hbond substituents is 1. The van der Waals surface area contributed by atoms with Crippen molar-refractivity contribution in [3.63, 3.8) is 0 Å². The summed E-state index contributed by atoms with van der Waals surface area (Å²) in [5.74, 6) is 4.37. The molecule has 8 rings (SSSR count). The van der Waals surface area contributed by atoms with E-state index in [1.807, 2.05) is 30.3 Å². The average Bonchev–Trinajstić information content (AvgIpc) is 3.07. The summed E-state index contributed by atoms with van der Waals surface area (Å²) in [7, 11) is 8.57. The van der Waals surface area contributed by atoms with Crippen LogP contribution in [0.4, 0.5) is 0 Å². The number of fused-ring (bicyclic) bond motifs is 2. The Morgan fingerprint density at radius 2 is 1.52 bits per heavy atom.